The zero-order chi connectivity index (χ0) is 12.5. The Hall–Kier alpha value is -1.95. The fourth-order valence-electron chi connectivity index (χ4n) is 1.74. The van der Waals surface area contributed by atoms with E-state index in [0.29, 0.717) is 16.8 Å². The number of thiocarbonyl (C=S) groups is 1. The maximum absolute atomic E-state index is 9.77. The van der Waals surface area contributed by atoms with Crippen LogP contribution in [0.15, 0.2) is 34.5 Å². The molecule has 0 aliphatic heterocycles. The first kappa shape index (κ1) is 11.2. The van der Waals surface area contributed by atoms with Crippen molar-refractivity contribution in [3.05, 3.63) is 24.3 Å². The van der Waals surface area contributed by atoms with E-state index >= 15 is 0 Å². The Morgan fingerprint density at radius 3 is 2.94 bits per heavy atom. The van der Waals surface area contributed by atoms with E-state index in [-0.39, 0.29) is 5.88 Å². The summed E-state index contributed by atoms with van der Waals surface area (Å²) in [7, 11) is 0. The van der Waals surface area contributed by atoms with Gasteiger partial charge in [-0.05, 0) is 31.1 Å². The Morgan fingerprint density at radius 2 is 2.17 bits per heavy atom. The molecular formula is C12H12N4OS. The molecular weight excluding hydrogens is 248 g/mol. The highest BCUT2D eigenvalue weighted by Gasteiger charge is 2.21. The van der Waals surface area contributed by atoms with Crippen LogP contribution in [0.25, 0.3) is 10.9 Å². The van der Waals surface area contributed by atoms with Gasteiger partial charge in [0.1, 0.15) is 0 Å². The van der Waals surface area contributed by atoms with Crippen LogP contribution in [0.1, 0.15) is 12.8 Å². The van der Waals surface area contributed by atoms with Gasteiger partial charge >= 0.3 is 0 Å². The standard InChI is InChI=1S/C12H12N4OS/c17-11-10(8-3-1-2-4-9(8)14-11)15-16-12(18)13-7-5-6-7/h1-4,7,14,17H,5-6H2,(H,13,18). The number of benzene rings is 1. The average molecular weight is 260 g/mol. The van der Waals surface area contributed by atoms with Crippen LogP contribution in [0.4, 0.5) is 5.69 Å². The molecule has 0 radical (unpaired) electrons. The topological polar surface area (TPSA) is 72.8 Å². The Kier molecular flexibility index (Phi) is 2.71. The zero-order valence-electron chi connectivity index (χ0n) is 9.55. The van der Waals surface area contributed by atoms with Crippen molar-refractivity contribution in [3.8, 4) is 5.88 Å². The average Bonchev–Trinajstić information content (AvgIpc) is 3.09. The number of hydrogen-bond donors (Lipinski definition) is 3. The van der Waals surface area contributed by atoms with Crippen LogP contribution in [-0.2, 0) is 0 Å². The number of azo groups is 1. The normalized spacial score (nSPS) is 15.3. The molecule has 2 aromatic rings. The summed E-state index contributed by atoms with van der Waals surface area (Å²) in [6.45, 7) is 0. The minimum atomic E-state index is 0.00849. The minimum absolute atomic E-state index is 0.00849. The highest BCUT2D eigenvalue weighted by molar-refractivity contribution is 7.80. The van der Waals surface area contributed by atoms with Crippen LogP contribution < -0.4 is 5.32 Å². The van der Waals surface area contributed by atoms with E-state index in [1.807, 2.05) is 24.3 Å². The van der Waals surface area contributed by atoms with E-state index in [4.69, 9.17) is 12.2 Å². The maximum Gasteiger partial charge on any atom is 0.218 e. The molecule has 0 spiro atoms. The number of H-pyrrole nitrogens is 1. The third-order valence-corrected chi connectivity index (χ3v) is 3.00. The Labute approximate surface area is 109 Å². The van der Waals surface area contributed by atoms with Crippen molar-refractivity contribution in [2.75, 3.05) is 0 Å². The molecule has 1 aliphatic carbocycles. The van der Waals surface area contributed by atoms with Crippen LogP contribution >= 0.6 is 12.2 Å². The van der Waals surface area contributed by atoms with E-state index in [2.05, 4.69) is 20.5 Å². The second kappa shape index (κ2) is 4.38. The van der Waals surface area contributed by atoms with E-state index in [9.17, 15) is 5.11 Å². The summed E-state index contributed by atoms with van der Waals surface area (Å²) in [5, 5.41) is 22.0. The number of aromatic amines is 1. The Balaban J connectivity index is 1.86. The third kappa shape index (κ3) is 2.19. The molecule has 0 saturated heterocycles. The number of para-hydroxylation sites is 1. The Bertz CT molecular complexity index is 630. The van der Waals surface area contributed by atoms with Gasteiger partial charge in [0, 0.05) is 11.4 Å². The molecule has 1 aromatic carbocycles. The van der Waals surface area contributed by atoms with E-state index in [1.165, 1.54) is 0 Å². The summed E-state index contributed by atoms with van der Waals surface area (Å²) >= 11 is 5.05. The number of rotatable bonds is 2. The van der Waals surface area contributed by atoms with E-state index in [1.54, 1.807) is 0 Å². The molecule has 3 rings (SSSR count). The quantitative estimate of drug-likeness (QED) is 0.574. The first-order valence-corrected chi connectivity index (χ1v) is 6.17. The summed E-state index contributed by atoms with van der Waals surface area (Å²) in [5.74, 6) is 0.00849. The highest BCUT2D eigenvalue weighted by Crippen LogP contribution is 2.35. The minimum Gasteiger partial charge on any atom is -0.493 e. The van der Waals surface area contributed by atoms with Gasteiger partial charge < -0.3 is 15.4 Å². The van der Waals surface area contributed by atoms with Gasteiger partial charge in [0.05, 0.1) is 5.52 Å². The third-order valence-electron chi connectivity index (χ3n) is 2.81. The fraction of sp³-hybridized carbons (Fsp3) is 0.250. The second-order valence-corrected chi connectivity index (χ2v) is 4.68. The van der Waals surface area contributed by atoms with E-state index < -0.39 is 0 Å². The summed E-state index contributed by atoms with van der Waals surface area (Å²) in [4.78, 5) is 2.84. The molecule has 1 heterocycles. The summed E-state index contributed by atoms with van der Waals surface area (Å²) in [6, 6.07) is 7.97. The van der Waals surface area contributed by atoms with Crippen LogP contribution in [0.5, 0.6) is 5.88 Å². The predicted molar refractivity (Wildman–Crippen MR) is 73.2 cm³/mol. The van der Waals surface area contributed by atoms with Crippen LogP contribution in [-0.4, -0.2) is 21.2 Å². The van der Waals surface area contributed by atoms with Crippen molar-refractivity contribution in [2.24, 2.45) is 10.2 Å². The molecule has 3 N–H and O–H groups in total. The zero-order valence-corrected chi connectivity index (χ0v) is 10.4. The number of fused-ring (bicyclic) bond motifs is 1. The van der Waals surface area contributed by atoms with Gasteiger partial charge in [0.25, 0.3) is 0 Å². The van der Waals surface area contributed by atoms with Gasteiger partial charge in [0.15, 0.2) is 5.69 Å². The second-order valence-electron chi connectivity index (χ2n) is 4.29. The van der Waals surface area contributed by atoms with Crippen molar-refractivity contribution < 1.29 is 5.11 Å². The predicted octanol–water partition coefficient (Wildman–Crippen LogP) is 2.99. The van der Waals surface area contributed by atoms with Gasteiger partial charge in [-0.25, -0.2) is 0 Å². The molecule has 5 nitrogen and oxygen atoms in total. The van der Waals surface area contributed by atoms with Crippen molar-refractivity contribution in [1.29, 1.82) is 0 Å². The smallest absolute Gasteiger partial charge is 0.218 e. The largest absolute Gasteiger partial charge is 0.493 e. The van der Waals surface area contributed by atoms with E-state index in [0.717, 1.165) is 23.7 Å². The molecule has 18 heavy (non-hydrogen) atoms. The molecule has 0 amide bonds. The first-order chi connectivity index (χ1) is 8.74. The van der Waals surface area contributed by atoms with Crippen molar-refractivity contribution in [1.82, 2.24) is 10.3 Å². The maximum atomic E-state index is 9.77. The summed E-state index contributed by atoms with van der Waals surface area (Å²) in [5.41, 5.74) is 1.25. The van der Waals surface area contributed by atoms with Crippen molar-refractivity contribution >= 4 is 33.9 Å². The fourth-order valence-corrected chi connectivity index (χ4v) is 1.95. The molecule has 92 valence electrons. The van der Waals surface area contributed by atoms with Crippen molar-refractivity contribution in [2.45, 2.75) is 18.9 Å². The molecule has 6 heteroatoms. The van der Waals surface area contributed by atoms with Gasteiger partial charge in [0.2, 0.25) is 11.0 Å². The first-order valence-electron chi connectivity index (χ1n) is 5.76. The monoisotopic (exact) mass is 260 g/mol. The molecule has 1 aliphatic rings. The lowest BCUT2D eigenvalue weighted by atomic mass is 10.2. The lowest BCUT2D eigenvalue weighted by Crippen LogP contribution is -2.20. The summed E-state index contributed by atoms with van der Waals surface area (Å²) in [6.07, 6.45) is 2.27. The lowest BCUT2D eigenvalue weighted by Gasteiger charge is -1.97. The molecule has 0 bridgehead atoms. The van der Waals surface area contributed by atoms with Crippen LogP contribution in [0.3, 0.4) is 0 Å². The highest BCUT2D eigenvalue weighted by atomic mass is 32.1. The summed E-state index contributed by atoms with van der Waals surface area (Å²) < 4.78 is 0. The number of aromatic nitrogens is 1. The van der Waals surface area contributed by atoms with Gasteiger partial charge in [-0.1, -0.05) is 18.2 Å². The van der Waals surface area contributed by atoms with Crippen molar-refractivity contribution in [3.63, 3.8) is 0 Å². The molecule has 1 saturated carbocycles. The molecule has 0 unspecified atom stereocenters. The van der Waals surface area contributed by atoms with Gasteiger partial charge in [-0.3, -0.25) is 0 Å². The Morgan fingerprint density at radius 1 is 1.39 bits per heavy atom. The number of nitrogens with one attached hydrogen (secondary N) is 2. The number of hydrogen-bond acceptors (Lipinski definition) is 3. The lowest BCUT2D eigenvalue weighted by molar-refractivity contribution is 0.459. The molecule has 1 aromatic heterocycles. The number of nitrogens with zero attached hydrogens (tertiary/aromatic N) is 2. The van der Waals surface area contributed by atoms with Crippen LogP contribution in [0.2, 0.25) is 0 Å². The van der Waals surface area contributed by atoms with Crippen LogP contribution in [0, 0.1) is 0 Å². The van der Waals surface area contributed by atoms with Gasteiger partial charge in [-0.15, -0.1) is 10.2 Å². The number of aromatic hydroxyl groups is 1. The molecule has 1 fully saturated rings. The SMILES string of the molecule is Oc1[nH]c2ccccc2c1N=NC(=S)NC1CC1. The van der Waals surface area contributed by atoms with Gasteiger partial charge in [-0.2, -0.15) is 0 Å². The molecule has 0 atom stereocenters.